The summed E-state index contributed by atoms with van der Waals surface area (Å²) in [5, 5.41) is 4.62. The summed E-state index contributed by atoms with van der Waals surface area (Å²) in [6.45, 7) is 5.39. The lowest BCUT2D eigenvalue weighted by Gasteiger charge is -2.42. The van der Waals surface area contributed by atoms with Crippen LogP contribution in [0.25, 0.3) is 11.0 Å². The van der Waals surface area contributed by atoms with Crippen LogP contribution in [-0.4, -0.2) is 50.7 Å². The van der Waals surface area contributed by atoms with Crippen LogP contribution in [0.5, 0.6) is 11.5 Å². The van der Waals surface area contributed by atoms with E-state index in [1.54, 1.807) is 0 Å². The van der Waals surface area contributed by atoms with Gasteiger partial charge in [-0.3, -0.25) is 0 Å². The fourth-order valence-corrected chi connectivity index (χ4v) is 5.35. The van der Waals surface area contributed by atoms with Gasteiger partial charge in [0.25, 0.3) is 0 Å². The van der Waals surface area contributed by atoms with E-state index in [0.29, 0.717) is 19.8 Å². The molecule has 1 fully saturated rings. The van der Waals surface area contributed by atoms with Crippen LogP contribution in [0.4, 0.5) is 32.4 Å². The standard InChI is InChI=1S/C30H30F5N4O4Si/c1-44(2)11-10-41-18-39-14-21(30(33,34)35)25-24(8-9-36-27(25)39)43-26-22(31)12-20(13-23(26)32)38-28(40)37-15-29(16-42-17-29)19-6-4-3-5-7-19/h3-9,12-14H,10-11,15-18H2,1-2H3,(H2,37,38,40). The summed E-state index contributed by atoms with van der Waals surface area (Å²) < 4.78 is 89.7. The highest BCUT2D eigenvalue weighted by Crippen LogP contribution is 2.42. The lowest BCUT2D eigenvalue weighted by molar-refractivity contribution is -0.136. The Morgan fingerprint density at radius 2 is 1.82 bits per heavy atom. The molecule has 0 aliphatic carbocycles. The van der Waals surface area contributed by atoms with Crippen molar-refractivity contribution in [3.05, 3.63) is 83.7 Å². The van der Waals surface area contributed by atoms with E-state index in [0.717, 1.165) is 36.0 Å². The molecule has 3 heterocycles. The number of amides is 2. The third kappa shape index (κ3) is 6.87. The van der Waals surface area contributed by atoms with Crippen molar-refractivity contribution in [2.75, 3.05) is 31.7 Å². The number of carbonyl (C=O) groups is 1. The number of rotatable bonds is 11. The Morgan fingerprint density at radius 1 is 1.11 bits per heavy atom. The van der Waals surface area contributed by atoms with Crippen molar-refractivity contribution in [3.8, 4) is 11.5 Å². The van der Waals surface area contributed by atoms with Crippen LogP contribution in [0.1, 0.15) is 11.1 Å². The van der Waals surface area contributed by atoms with Gasteiger partial charge >= 0.3 is 12.2 Å². The van der Waals surface area contributed by atoms with Crippen LogP contribution in [-0.2, 0) is 27.8 Å². The molecule has 2 aromatic carbocycles. The lowest BCUT2D eigenvalue weighted by Crippen LogP contribution is -2.54. The number of alkyl halides is 3. The number of hydrogen-bond donors (Lipinski definition) is 2. The van der Waals surface area contributed by atoms with E-state index in [4.69, 9.17) is 14.2 Å². The third-order valence-corrected chi connectivity index (χ3v) is 8.40. The van der Waals surface area contributed by atoms with Gasteiger partial charge in [-0.15, -0.1) is 0 Å². The number of urea groups is 1. The summed E-state index contributed by atoms with van der Waals surface area (Å²) in [6, 6.07) is 12.3. The second-order valence-electron chi connectivity index (χ2n) is 10.8. The average molecular weight is 634 g/mol. The summed E-state index contributed by atoms with van der Waals surface area (Å²) in [7, 11) is -0.577. The van der Waals surface area contributed by atoms with Gasteiger partial charge in [-0.2, -0.15) is 13.2 Å². The highest BCUT2D eigenvalue weighted by atomic mass is 28.3. The molecule has 1 radical (unpaired) electrons. The van der Waals surface area contributed by atoms with Gasteiger partial charge in [0.1, 0.15) is 18.1 Å². The molecule has 0 atom stereocenters. The smallest absolute Gasteiger partial charge is 0.418 e. The van der Waals surface area contributed by atoms with Crippen molar-refractivity contribution >= 4 is 31.5 Å². The quantitative estimate of drug-likeness (QED) is 0.106. The first-order valence-electron chi connectivity index (χ1n) is 13.7. The Bertz CT molecular complexity index is 1600. The van der Waals surface area contributed by atoms with Crippen LogP contribution in [0.3, 0.4) is 0 Å². The zero-order valence-electron chi connectivity index (χ0n) is 23.9. The van der Waals surface area contributed by atoms with Crippen molar-refractivity contribution in [2.45, 2.75) is 37.5 Å². The topological polar surface area (TPSA) is 86.6 Å². The van der Waals surface area contributed by atoms with Gasteiger partial charge in [-0.25, -0.2) is 18.6 Å². The molecule has 1 saturated heterocycles. The van der Waals surface area contributed by atoms with Crippen LogP contribution in [0.2, 0.25) is 19.1 Å². The van der Waals surface area contributed by atoms with E-state index >= 15 is 8.78 Å². The number of anilines is 1. The van der Waals surface area contributed by atoms with Crippen molar-refractivity contribution in [2.24, 2.45) is 0 Å². The van der Waals surface area contributed by atoms with Crippen molar-refractivity contribution in [3.63, 3.8) is 0 Å². The Morgan fingerprint density at radius 3 is 2.43 bits per heavy atom. The van der Waals surface area contributed by atoms with Crippen LogP contribution >= 0.6 is 0 Å². The molecule has 0 unspecified atom stereocenters. The molecule has 5 rings (SSSR count). The highest BCUT2D eigenvalue weighted by Gasteiger charge is 2.40. The van der Waals surface area contributed by atoms with E-state index in [9.17, 15) is 18.0 Å². The second kappa shape index (κ2) is 12.9. The van der Waals surface area contributed by atoms with Gasteiger partial charge in [-0.1, -0.05) is 43.4 Å². The van der Waals surface area contributed by atoms with Gasteiger partial charge in [0.2, 0.25) is 0 Å². The molecule has 2 N–H and O–H groups in total. The Labute approximate surface area is 251 Å². The summed E-state index contributed by atoms with van der Waals surface area (Å²) in [5.41, 5.74) is -0.853. The van der Waals surface area contributed by atoms with Gasteiger partial charge in [0.15, 0.2) is 17.4 Å². The van der Waals surface area contributed by atoms with Gasteiger partial charge in [-0.05, 0) is 17.7 Å². The van der Waals surface area contributed by atoms with E-state index in [1.807, 2.05) is 30.3 Å². The third-order valence-electron chi connectivity index (χ3n) is 7.20. The SMILES string of the molecule is C[Si](C)CCOCn1cc(C(F)(F)F)c2c(Oc3c(F)cc(NC(=O)NCC4(c5ccccc5)COC4)cc3F)ccnc21. The molecule has 1 aliphatic rings. The van der Waals surface area contributed by atoms with Crippen LogP contribution < -0.4 is 15.4 Å². The maximum atomic E-state index is 15.1. The van der Waals surface area contributed by atoms with Crippen molar-refractivity contribution < 1.29 is 41.0 Å². The predicted molar refractivity (Wildman–Crippen MR) is 155 cm³/mol. The lowest BCUT2D eigenvalue weighted by atomic mass is 9.78. The number of nitrogens with one attached hydrogen (secondary N) is 2. The molecule has 2 aromatic heterocycles. The monoisotopic (exact) mass is 633 g/mol. The van der Waals surface area contributed by atoms with Crippen molar-refractivity contribution in [1.82, 2.24) is 14.9 Å². The fourth-order valence-electron chi connectivity index (χ4n) is 4.80. The minimum absolute atomic E-state index is 0.116. The molecule has 2 amide bonds. The predicted octanol–water partition coefficient (Wildman–Crippen LogP) is 6.94. The fraction of sp³-hybridized carbons (Fsp3) is 0.333. The maximum Gasteiger partial charge on any atom is 0.418 e. The first kappa shape index (κ1) is 31.4. The Hall–Kier alpha value is -4.01. The van der Waals surface area contributed by atoms with E-state index in [2.05, 4.69) is 28.7 Å². The molecular weight excluding hydrogens is 603 g/mol. The molecule has 8 nitrogen and oxygen atoms in total. The highest BCUT2D eigenvalue weighted by molar-refractivity contribution is 6.55. The minimum atomic E-state index is -4.81. The zero-order valence-corrected chi connectivity index (χ0v) is 24.9. The van der Waals surface area contributed by atoms with Crippen LogP contribution in [0.15, 0.2) is 60.9 Å². The zero-order chi connectivity index (χ0) is 31.5. The number of hydrogen-bond acceptors (Lipinski definition) is 5. The number of ether oxygens (including phenoxy) is 3. The molecule has 233 valence electrons. The minimum Gasteiger partial charge on any atom is -0.450 e. The summed E-state index contributed by atoms with van der Waals surface area (Å²) in [6.07, 6.45) is -2.79. The largest absolute Gasteiger partial charge is 0.450 e. The summed E-state index contributed by atoms with van der Waals surface area (Å²) in [4.78, 5) is 16.6. The molecule has 1 aliphatic heterocycles. The normalized spacial score (nSPS) is 14.5. The summed E-state index contributed by atoms with van der Waals surface area (Å²) >= 11 is 0. The van der Waals surface area contributed by atoms with E-state index in [-0.39, 0.29) is 24.6 Å². The average Bonchev–Trinajstić information content (AvgIpc) is 3.33. The van der Waals surface area contributed by atoms with Crippen molar-refractivity contribution in [1.29, 1.82) is 0 Å². The number of halogens is 5. The number of carbonyl (C=O) groups excluding carboxylic acids is 1. The Balaban J connectivity index is 1.32. The number of fused-ring (bicyclic) bond motifs is 1. The molecule has 44 heavy (non-hydrogen) atoms. The van der Waals surface area contributed by atoms with Gasteiger partial charge in [0.05, 0.1) is 29.6 Å². The molecule has 14 heteroatoms. The van der Waals surface area contributed by atoms with E-state index in [1.165, 1.54) is 10.8 Å². The first-order chi connectivity index (χ1) is 21.0. The van der Waals surface area contributed by atoms with Gasteiger partial charge < -0.3 is 29.4 Å². The molecule has 0 saturated carbocycles. The van der Waals surface area contributed by atoms with E-state index < -0.39 is 60.5 Å². The molecule has 0 bridgehead atoms. The molecule has 0 spiro atoms. The maximum absolute atomic E-state index is 15.1. The van der Waals surface area contributed by atoms with Gasteiger partial charge in [0, 0.05) is 52.2 Å². The number of nitrogens with zero attached hydrogens (tertiary/aromatic N) is 2. The Kier molecular flexibility index (Phi) is 9.22. The molecular formula is C30H30F5N4O4Si. The summed E-state index contributed by atoms with van der Waals surface area (Å²) in [5.74, 6) is -3.84. The van der Waals surface area contributed by atoms with Crippen LogP contribution in [0, 0.1) is 11.6 Å². The number of aromatic nitrogens is 2. The molecule has 4 aromatic rings. The second-order valence-corrected chi connectivity index (χ2v) is 13.7. The number of pyridine rings is 1. The number of benzene rings is 2. The first-order valence-corrected chi connectivity index (χ1v) is 16.4.